The molecular weight excluding hydrogens is 560 g/mol. The summed E-state index contributed by atoms with van der Waals surface area (Å²) in [5.41, 5.74) is 3.73. The standard InChI is InChI=1S/C34H40N4O6/c1-23-17-24(2)19-28(18-23)37(3)32(40)22-44-30-14-7-6-13-29(30)38(16-15-25-9-4-5-10-25)31(39)21-35-34(43)36-27-12-8-11-26(20-27)33(41)42/h6-8,11-14,17-20,25H,4-5,9-10,15-16,21-22H2,1-3H3,(H,41,42)(H2,35,36,43). The zero-order chi connectivity index (χ0) is 31.6. The molecule has 1 fully saturated rings. The molecule has 10 nitrogen and oxygen atoms in total. The lowest BCUT2D eigenvalue weighted by atomic mass is 10.0. The zero-order valence-electron chi connectivity index (χ0n) is 25.5. The fourth-order valence-corrected chi connectivity index (χ4v) is 5.47. The molecule has 0 aromatic heterocycles. The lowest BCUT2D eigenvalue weighted by molar-refractivity contribution is -0.120. The average molecular weight is 601 g/mol. The number of para-hydroxylation sites is 2. The first-order valence-electron chi connectivity index (χ1n) is 14.9. The first kappa shape index (κ1) is 32.1. The number of carboxylic acids is 1. The number of carbonyl (C=O) groups is 4. The van der Waals surface area contributed by atoms with Crippen LogP contribution < -0.4 is 25.2 Å². The lowest BCUT2D eigenvalue weighted by Crippen LogP contribution is -2.42. The number of nitrogens with zero attached hydrogens (tertiary/aromatic N) is 2. The van der Waals surface area contributed by atoms with Gasteiger partial charge in [-0.05, 0) is 79.8 Å². The van der Waals surface area contributed by atoms with Crippen LogP contribution in [0.3, 0.4) is 0 Å². The molecule has 1 aliphatic rings. The highest BCUT2D eigenvalue weighted by atomic mass is 16.5. The van der Waals surface area contributed by atoms with E-state index in [0.29, 0.717) is 29.6 Å². The highest BCUT2D eigenvalue weighted by Gasteiger charge is 2.24. The number of carbonyl (C=O) groups excluding carboxylic acids is 3. The number of nitrogens with one attached hydrogen (secondary N) is 2. The third-order valence-electron chi connectivity index (χ3n) is 7.78. The molecule has 1 aliphatic carbocycles. The van der Waals surface area contributed by atoms with E-state index in [1.807, 2.05) is 32.0 Å². The van der Waals surface area contributed by atoms with Crippen LogP contribution in [0.15, 0.2) is 66.7 Å². The van der Waals surface area contributed by atoms with E-state index in [0.717, 1.165) is 36.1 Å². The smallest absolute Gasteiger partial charge is 0.335 e. The number of aromatic carboxylic acids is 1. The largest absolute Gasteiger partial charge is 0.482 e. The molecule has 0 saturated heterocycles. The Labute approximate surface area is 258 Å². The predicted octanol–water partition coefficient (Wildman–Crippen LogP) is 5.78. The number of urea groups is 1. The van der Waals surface area contributed by atoms with Crippen LogP contribution >= 0.6 is 0 Å². The van der Waals surface area contributed by atoms with Crippen molar-refractivity contribution in [3.63, 3.8) is 0 Å². The first-order valence-corrected chi connectivity index (χ1v) is 14.9. The Morgan fingerprint density at radius 2 is 1.61 bits per heavy atom. The quantitative estimate of drug-likeness (QED) is 0.242. The Morgan fingerprint density at radius 1 is 0.909 bits per heavy atom. The van der Waals surface area contributed by atoms with Gasteiger partial charge in [0, 0.05) is 25.0 Å². The van der Waals surface area contributed by atoms with E-state index >= 15 is 0 Å². The van der Waals surface area contributed by atoms with Crippen molar-refractivity contribution < 1.29 is 29.0 Å². The first-order chi connectivity index (χ1) is 21.1. The van der Waals surface area contributed by atoms with Crippen molar-refractivity contribution in [2.24, 2.45) is 5.92 Å². The molecule has 0 bridgehead atoms. The molecule has 4 rings (SSSR count). The van der Waals surface area contributed by atoms with Crippen LogP contribution in [0.5, 0.6) is 5.75 Å². The highest BCUT2D eigenvalue weighted by molar-refractivity contribution is 6.00. The van der Waals surface area contributed by atoms with Crippen molar-refractivity contribution in [1.82, 2.24) is 5.32 Å². The number of anilines is 3. The fraction of sp³-hybridized carbons (Fsp3) is 0.353. The van der Waals surface area contributed by atoms with Crippen LogP contribution in [0, 0.1) is 19.8 Å². The number of benzene rings is 3. The Balaban J connectivity index is 1.45. The lowest BCUT2D eigenvalue weighted by Gasteiger charge is -2.27. The van der Waals surface area contributed by atoms with Crippen LogP contribution in [0.2, 0.25) is 0 Å². The van der Waals surface area contributed by atoms with Crippen LogP contribution in [0.25, 0.3) is 0 Å². The molecule has 44 heavy (non-hydrogen) atoms. The Morgan fingerprint density at radius 3 is 2.32 bits per heavy atom. The molecule has 3 N–H and O–H groups in total. The third-order valence-corrected chi connectivity index (χ3v) is 7.78. The van der Waals surface area contributed by atoms with E-state index in [-0.39, 0.29) is 30.5 Å². The van der Waals surface area contributed by atoms with Crippen LogP contribution in [0.4, 0.5) is 21.9 Å². The summed E-state index contributed by atoms with van der Waals surface area (Å²) < 4.78 is 6.01. The Kier molecular flexibility index (Phi) is 11.0. The number of hydrogen-bond donors (Lipinski definition) is 3. The Hall–Kier alpha value is -4.86. The van der Waals surface area contributed by atoms with Gasteiger partial charge in [-0.3, -0.25) is 9.59 Å². The minimum atomic E-state index is -1.11. The second kappa shape index (κ2) is 15.0. The van der Waals surface area contributed by atoms with Gasteiger partial charge in [-0.2, -0.15) is 0 Å². The summed E-state index contributed by atoms with van der Waals surface area (Å²) in [5.74, 6) is -0.777. The fourth-order valence-electron chi connectivity index (χ4n) is 5.47. The molecule has 0 spiro atoms. The van der Waals surface area contributed by atoms with Crippen molar-refractivity contribution in [2.75, 3.05) is 41.9 Å². The molecule has 10 heteroatoms. The van der Waals surface area contributed by atoms with E-state index in [1.165, 1.54) is 31.0 Å². The normalized spacial score (nSPS) is 12.8. The molecule has 1 saturated carbocycles. The van der Waals surface area contributed by atoms with Gasteiger partial charge >= 0.3 is 12.0 Å². The van der Waals surface area contributed by atoms with Gasteiger partial charge in [-0.25, -0.2) is 9.59 Å². The van der Waals surface area contributed by atoms with Crippen LogP contribution in [-0.2, 0) is 9.59 Å². The summed E-state index contributed by atoms with van der Waals surface area (Å²) in [6, 6.07) is 18.2. The van der Waals surface area contributed by atoms with Gasteiger partial charge in [0.05, 0.1) is 17.8 Å². The molecule has 3 aromatic carbocycles. The second-order valence-corrected chi connectivity index (χ2v) is 11.2. The maximum absolute atomic E-state index is 13.6. The highest BCUT2D eigenvalue weighted by Crippen LogP contribution is 2.32. The SMILES string of the molecule is Cc1cc(C)cc(N(C)C(=O)COc2ccccc2N(CCC2CCCC2)C(=O)CNC(=O)Nc2cccc(C(=O)O)c2)c1. The number of likely N-dealkylation sites (N-methyl/N-ethyl adjacent to an activating group) is 1. The second-order valence-electron chi connectivity index (χ2n) is 11.2. The number of hydrogen-bond acceptors (Lipinski definition) is 5. The number of rotatable bonds is 12. The van der Waals surface area contributed by atoms with E-state index < -0.39 is 12.0 Å². The summed E-state index contributed by atoms with van der Waals surface area (Å²) in [6.07, 6.45) is 5.41. The Bertz CT molecular complexity index is 1480. The van der Waals surface area contributed by atoms with Gasteiger partial charge in [0.1, 0.15) is 5.75 Å². The van der Waals surface area contributed by atoms with Crippen molar-refractivity contribution in [1.29, 1.82) is 0 Å². The average Bonchev–Trinajstić information content (AvgIpc) is 3.52. The van der Waals surface area contributed by atoms with Gasteiger partial charge in [0.2, 0.25) is 5.91 Å². The van der Waals surface area contributed by atoms with E-state index in [1.54, 1.807) is 47.2 Å². The summed E-state index contributed by atoms with van der Waals surface area (Å²) >= 11 is 0. The number of aryl methyl sites for hydroxylation is 2. The van der Waals surface area contributed by atoms with Crippen molar-refractivity contribution in [2.45, 2.75) is 46.0 Å². The summed E-state index contributed by atoms with van der Waals surface area (Å²) in [4.78, 5) is 53.6. The van der Waals surface area contributed by atoms with E-state index in [4.69, 9.17) is 4.74 Å². The van der Waals surface area contributed by atoms with Crippen molar-refractivity contribution in [3.05, 3.63) is 83.4 Å². The van der Waals surface area contributed by atoms with Crippen molar-refractivity contribution in [3.8, 4) is 5.75 Å². The van der Waals surface area contributed by atoms with Gasteiger partial charge < -0.3 is 30.3 Å². The monoisotopic (exact) mass is 600 g/mol. The van der Waals surface area contributed by atoms with Crippen LogP contribution in [-0.4, -0.2) is 55.7 Å². The molecule has 0 radical (unpaired) electrons. The van der Waals surface area contributed by atoms with Gasteiger partial charge in [0.25, 0.3) is 5.91 Å². The van der Waals surface area contributed by atoms with Gasteiger partial charge in [-0.1, -0.05) is 49.9 Å². The zero-order valence-corrected chi connectivity index (χ0v) is 25.5. The van der Waals surface area contributed by atoms with Crippen LogP contribution in [0.1, 0.15) is 53.6 Å². The molecule has 0 heterocycles. The third kappa shape index (κ3) is 8.82. The molecule has 0 aliphatic heterocycles. The number of amides is 4. The van der Waals surface area contributed by atoms with Crippen molar-refractivity contribution >= 4 is 40.9 Å². The number of carboxylic acid groups (broad SMARTS) is 1. The maximum atomic E-state index is 13.6. The summed E-state index contributed by atoms with van der Waals surface area (Å²) in [7, 11) is 1.71. The molecule has 0 atom stereocenters. The molecule has 232 valence electrons. The molecular formula is C34H40N4O6. The van der Waals surface area contributed by atoms with Gasteiger partial charge in [0.15, 0.2) is 6.61 Å². The minimum Gasteiger partial charge on any atom is -0.482 e. The maximum Gasteiger partial charge on any atom is 0.335 e. The topological polar surface area (TPSA) is 128 Å². The van der Waals surface area contributed by atoms with E-state index in [2.05, 4.69) is 10.6 Å². The summed E-state index contributed by atoms with van der Waals surface area (Å²) in [6.45, 7) is 3.88. The van der Waals surface area contributed by atoms with Gasteiger partial charge in [-0.15, -0.1) is 0 Å². The summed E-state index contributed by atoms with van der Waals surface area (Å²) in [5, 5.41) is 14.3. The number of ether oxygens (including phenoxy) is 1. The minimum absolute atomic E-state index is 0.0345. The molecule has 4 amide bonds. The van der Waals surface area contributed by atoms with E-state index in [9.17, 15) is 24.3 Å². The molecule has 0 unspecified atom stereocenters. The molecule has 3 aromatic rings. The predicted molar refractivity (Wildman–Crippen MR) is 171 cm³/mol.